The SMILES string of the molecule is CC(C)Oc1ccc(C(=O)NCC(N)=O)nc1. The number of ether oxygens (including phenoxy) is 1. The summed E-state index contributed by atoms with van der Waals surface area (Å²) in [7, 11) is 0. The van der Waals surface area contributed by atoms with Gasteiger partial charge >= 0.3 is 0 Å². The molecule has 0 radical (unpaired) electrons. The van der Waals surface area contributed by atoms with Gasteiger partial charge in [0.15, 0.2) is 0 Å². The summed E-state index contributed by atoms with van der Waals surface area (Å²) in [5.74, 6) is -0.454. The van der Waals surface area contributed by atoms with Gasteiger partial charge in [-0.05, 0) is 26.0 Å². The highest BCUT2D eigenvalue weighted by Gasteiger charge is 2.08. The molecule has 0 saturated heterocycles. The monoisotopic (exact) mass is 237 g/mol. The van der Waals surface area contributed by atoms with Crippen LogP contribution in [0.3, 0.4) is 0 Å². The van der Waals surface area contributed by atoms with Gasteiger partial charge in [0.1, 0.15) is 11.4 Å². The van der Waals surface area contributed by atoms with Crippen molar-refractivity contribution in [3.63, 3.8) is 0 Å². The van der Waals surface area contributed by atoms with Gasteiger partial charge in [0, 0.05) is 0 Å². The van der Waals surface area contributed by atoms with Gasteiger partial charge in [0.2, 0.25) is 5.91 Å². The Morgan fingerprint density at radius 1 is 1.47 bits per heavy atom. The summed E-state index contributed by atoms with van der Waals surface area (Å²) >= 11 is 0. The first-order valence-corrected chi connectivity index (χ1v) is 5.18. The van der Waals surface area contributed by atoms with E-state index in [-0.39, 0.29) is 18.3 Å². The number of primary amides is 1. The topological polar surface area (TPSA) is 94.3 Å². The smallest absolute Gasteiger partial charge is 0.270 e. The molecular formula is C11H15N3O3. The normalized spacial score (nSPS) is 10.1. The van der Waals surface area contributed by atoms with Crippen LogP contribution in [0.25, 0.3) is 0 Å². The third kappa shape index (κ3) is 4.50. The second-order valence-corrected chi connectivity index (χ2v) is 3.69. The van der Waals surface area contributed by atoms with Crippen LogP contribution in [0.4, 0.5) is 0 Å². The molecule has 0 bridgehead atoms. The van der Waals surface area contributed by atoms with E-state index in [0.29, 0.717) is 5.75 Å². The van der Waals surface area contributed by atoms with Crippen molar-refractivity contribution < 1.29 is 14.3 Å². The Morgan fingerprint density at radius 3 is 2.65 bits per heavy atom. The lowest BCUT2D eigenvalue weighted by Gasteiger charge is -2.09. The van der Waals surface area contributed by atoms with Gasteiger partial charge in [-0.1, -0.05) is 0 Å². The maximum absolute atomic E-state index is 11.5. The van der Waals surface area contributed by atoms with Crippen LogP contribution in [0.1, 0.15) is 24.3 Å². The summed E-state index contributed by atoms with van der Waals surface area (Å²) < 4.78 is 5.38. The lowest BCUT2D eigenvalue weighted by Crippen LogP contribution is -2.33. The molecule has 6 heteroatoms. The standard InChI is InChI=1S/C11H15N3O3/c1-7(2)17-8-3-4-9(13-5-8)11(16)14-6-10(12)15/h3-5,7H,6H2,1-2H3,(H2,12,15)(H,14,16). The zero-order valence-electron chi connectivity index (χ0n) is 9.77. The van der Waals surface area contributed by atoms with Crippen LogP contribution in [0.15, 0.2) is 18.3 Å². The van der Waals surface area contributed by atoms with E-state index < -0.39 is 11.8 Å². The van der Waals surface area contributed by atoms with Crippen molar-refractivity contribution in [2.45, 2.75) is 20.0 Å². The molecule has 0 aliphatic heterocycles. The molecule has 1 aromatic rings. The molecule has 0 fully saturated rings. The first-order chi connectivity index (χ1) is 7.99. The van der Waals surface area contributed by atoms with E-state index in [0.717, 1.165) is 0 Å². The van der Waals surface area contributed by atoms with Crippen molar-refractivity contribution in [3.8, 4) is 5.75 Å². The van der Waals surface area contributed by atoms with Crippen molar-refractivity contribution in [1.29, 1.82) is 0 Å². The number of nitrogens with zero attached hydrogens (tertiary/aromatic N) is 1. The molecule has 0 aliphatic rings. The average Bonchev–Trinajstić information content (AvgIpc) is 2.26. The lowest BCUT2D eigenvalue weighted by molar-refractivity contribution is -0.117. The Labute approximate surface area is 99.2 Å². The highest BCUT2D eigenvalue weighted by Crippen LogP contribution is 2.10. The number of amides is 2. The summed E-state index contributed by atoms with van der Waals surface area (Å²) in [5.41, 5.74) is 5.11. The maximum Gasteiger partial charge on any atom is 0.270 e. The number of hydrogen-bond donors (Lipinski definition) is 2. The number of carbonyl (C=O) groups is 2. The number of nitrogens with two attached hydrogens (primary N) is 1. The van der Waals surface area contributed by atoms with E-state index in [9.17, 15) is 9.59 Å². The van der Waals surface area contributed by atoms with Crippen LogP contribution < -0.4 is 15.8 Å². The van der Waals surface area contributed by atoms with Crippen LogP contribution in [0.5, 0.6) is 5.75 Å². The van der Waals surface area contributed by atoms with Gasteiger partial charge in [-0.25, -0.2) is 4.98 Å². The molecule has 1 aromatic heterocycles. The van der Waals surface area contributed by atoms with Gasteiger partial charge in [0.25, 0.3) is 5.91 Å². The quantitative estimate of drug-likeness (QED) is 0.758. The molecule has 1 rings (SSSR count). The minimum Gasteiger partial charge on any atom is -0.489 e. The van der Waals surface area contributed by atoms with Gasteiger partial charge in [0.05, 0.1) is 18.8 Å². The van der Waals surface area contributed by atoms with Crippen molar-refractivity contribution >= 4 is 11.8 Å². The molecule has 0 spiro atoms. The van der Waals surface area contributed by atoms with Crippen LogP contribution in [-0.2, 0) is 4.79 Å². The Bertz CT molecular complexity index is 401. The van der Waals surface area contributed by atoms with Crippen molar-refractivity contribution in [3.05, 3.63) is 24.0 Å². The molecule has 1 heterocycles. The van der Waals surface area contributed by atoms with E-state index in [2.05, 4.69) is 10.3 Å². The summed E-state index contributed by atoms with van der Waals surface area (Å²) in [6.07, 6.45) is 1.51. The molecule has 92 valence electrons. The summed E-state index contributed by atoms with van der Waals surface area (Å²) in [5, 5.41) is 2.34. The van der Waals surface area contributed by atoms with Crippen molar-refractivity contribution in [2.75, 3.05) is 6.54 Å². The highest BCUT2D eigenvalue weighted by molar-refractivity contribution is 5.94. The Kier molecular flexibility index (Phi) is 4.45. The number of carbonyl (C=O) groups excluding carboxylic acids is 2. The van der Waals surface area contributed by atoms with Gasteiger partial charge in [-0.2, -0.15) is 0 Å². The van der Waals surface area contributed by atoms with E-state index in [1.165, 1.54) is 12.3 Å². The third-order valence-corrected chi connectivity index (χ3v) is 1.76. The third-order valence-electron chi connectivity index (χ3n) is 1.76. The number of hydrogen-bond acceptors (Lipinski definition) is 4. The minimum atomic E-state index is -0.599. The molecule has 17 heavy (non-hydrogen) atoms. The van der Waals surface area contributed by atoms with Crippen molar-refractivity contribution in [2.24, 2.45) is 5.73 Å². The highest BCUT2D eigenvalue weighted by atomic mass is 16.5. The second-order valence-electron chi connectivity index (χ2n) is 3.69. The number of aromatic nitrogens is 1. The van der Waals surface area contributed by atoms with Gasteiger partial charge in [-0.15, -0.1) is 0 Å². The number of pyridine rings is 1. The molecule has 3 N–H and O–H groups in total. The lowest BCUT2D eigenvalue weighted by atomic mass is 10.3. The Morgan fingerprint density at radius 2 is 2.18 bits per heavy atom. The fourth-order valence-electron chi connectivity index (χ4n) is 1.11. The zero-order chi connectivity index (χ0) is 12.8. The molecule has 0 saturated carbocycles. The van der Waals surface area contributed by atoms with Gasteiger partial charge < -0.3 is 15.8 Å². The van der Waals surface area contributed by atoms with Crippen LogP contribution >= 0.6 is 0 Å². The summed E-state index contributed by atoms with van der Waals surface area (Å²) in [4.78, 5) is 25.9. The molecular weight excluding hydrogens is 222 g/mol. The van der Waals surface area contributed by atoms with Crippen LogP contribution in [0, 0.1) is 0 Å². The van der Waals surface area contributed by atoms with E-state index in [1.54, 1.807) is 6.07 Å². The first kappa shape index (κ1) is 13.0. The fraction of sp³-hybridized carbons (Fsp3) is 0.364. The largest absolute Gasteiger partial charge is 0.489 e. The molecule has 2 amide bonds. The van der Waals surface area contributed by atoms with Crippen LogP contribution in [0.2, 0.25) is 0 Å². The minimum absolute atomic E-state index is 0.0475. The van der Waals surface area contributed by atoms with Crippen LogP contribution in [-0.4, -0.2) is 29.4 Å². The fourth-order valence-corrected chi connectivity index (χ4v) is 1.11. The number of nitrogens with one attached hydrogen (secondary N) is 1. The average molecular weight is 237 g/mol. The van der Waals surface area contributed by atoms with Gasteiger partial charge in [-0.3, -0.25) is 9.59 Å². The zero-order valence-corrected chi connectivity index (χ0v) is 9.77. The first-order valence-electron chi connectivity index (χ1n) is 5.18. The second kappa shape index (κ2) is 5.83. The number of rotatable bonds is 5. The van der Waals surface area contributed by atoms with E-state index >= 15 is 0 Å². The molecule has 0 aromatic carbocycles. The predicted octanol–water partition coefficient (Wildman–Crippen LogP) is 0.0839. The van der Waals surface area contributed by atoms with E-state index in [4.69, 9.17) is 10.5 Å². The molecule has 6 nitrogen and oxygen atoms in total. The summed E-state index contributed by atoms with van der Waals surface area (Å²) in [6.45, 7) is 3.59. The molecule has 0 unspecified atom stereocenters. The maximum atomic E-state index is 11.5. The Balaban J connectivity index is 2.60. The molecule has 0 atom stereocenters. The Hall–Kier alpha value is -2.11. The summed E-state index contributed by atoms with van der Waals surface area (Å²) in [6, 6.07) is 3.17. The predicted molar refractivity (Wildman–Crippen MR) is 61.5 cm³/mol. The molecule has 0 aliphatic carbocycles. The van der Waals surface area contributed by atoms with Crippen molar-refractivity contribution in [1.82, 2.24) is 10.3 Å². The van der Waals surface area contributed by atoms with E-state index in [1.807, 2.05) is 13.8 Å².